The summed E-state index contributed by atoms with van der Waals surface area (Å²) in [6.45, 7) is 1.61. The van der Waals surface area contributed by atoms with Crippen LogP contribution in [0.15, 0.2) is 82.2 Å². The van der Waals surface area contributed by atoms with Gasteiger partial charge < -0.3 is 14.8 Å². The van der Waals surface area contributed by atoms with Crippen LogP contribution in [0.5, 0.6) is 11.5 Å². The summed E-state index contributed by atoms with van der Waals surface area (Å²) in [4.78, 5) is 12.5. The lowest BCUT2D eigenvalue weighted by molar-refractivity contribution is -0.122. The summed E-state index contributed by atoms with van der Waals surface area (Å²) in [5.74, 6) is 0.595. The fourth-order valence-electron chi connectivity index (χ4n) is 2.65. The first-order valence-corrected chi connectivity index (χ1v) is 11.5. The van der Waals surface area contributed by atoms with Gasteiger partial charge in [0.25, 0.3) is 15.9 Å². The Balaban J connectivity index is 1.64. The molecule has 0 aliphatic carbocycles. The van der Waals surface area contributed by atoms with E-state index in [1.165, 1.54) is 31.4 Å². The van der Waals surface area contributed by atoms with E-state index in [0.29, 0.717) is 22.9 Å². The molecular formula is C22H21BrN2O5S. The molecule has 0 fully saturated rings. The molecule has 0 spiro atoms. The van der Waals surface area contributed by atoms with Crippen molar-refractivity contribution in [3.05, 3.63) is 77.3 Å². The molecule has 3 rings (SSSR count). The predicted octanol–water partition coefficient (Wildman–Crippen LogP) is 4.66. The minimum absolute atomic E-state index is 0.0757. The topological polar surface area (TPSA) is 93.7 Å². The van der Waals surface area contributed by atoms with Gasteiger partial charge in [0.2, 0.25) is 0 Å². The van der Waals surface area contributed by atoms with E-state index in [4.69, 9.17) is 9.47 Å². The van der Waals surface area contributed by atoms with Gasteiger partial charge in [-0.2, -0.15) is 0 Å². The van der Waals surface area contributed by atoms with Gasteiger partial charge in [-0.1, -0.05) is 28.1 Å². The zero-order valence-electron chi connectivity index (χ0n) is 16.8. The van der Waals surface area contributed by atoms with Gasteiger partial charge in [0, 0.05) is 15.8 Å². The molecule has 1 amide bonds. The SMILES string of the molecule is COc1ccccc1O[C@H](C)C(=O)Nc1ccc(S(=O)(=O)Nc2ccc(Br)cc2)cc1. The van der Waals surface area contributed by atoms with Gasteiger partial charge in [-0.05, 0) is 67.6 Å². The number of benzene rings is 3. The van der Waals surface area contributed by atoms with E-state index in [1.807, 2.05) is 0 Å². The van der Waals surface area contributed by atoms with Crippen LogP contribution in [-0.2, 0) is 14.8 Å². The second-order valence-electron chi connectivity index (χ2n) is 6.54. The van der Waals surface area contributed by atoms with Crippen LogP contribution >= 0.6 is 15.9 Å². The Morgan fingerprint density at radius 2 is 1.48 bits per heavy atom. The monoisotopic (exact) mass is 504 g/mol. The third-order valence-electron chi connectivity index (χ3n) is 4.27. The van der Waals surface area contributed by atoms with Crippen molar-refractivity contribution in [2.75, 3.05) is 17.1 Å². The molecule has 0 aromatic heterocycles. The lowest BCUT2D eigenvalue weighted by Gasteiger charge is -2.16. The van der Waals surface area contributed by atoms with Gasteiger partial charge in [-0.25, -0.2) is 8.42 Å². The molecule has 162 valence electrons. The molecule has 0 radical (unpaired) electrons. The summed E-state index contributed by atoms with van der Waals surface area (Å²) in [5.41, 5.74) is 0.894. The van der Waals surface area contributed by atoms with Crippen molar-refractivity contribution in [2.24, 2.45) is 0 Å². The molecule has 7 nitrogen and oxygen atoms in total. The van der Waals surface area contributed by atoms with Gasteiger partial charge in [0.05, 0.1) is 12.0 Å². The second-order valence-corrected chi connectivity index (χ2v) is 9.14. The first kappa shape index (κ1) is 22.6. The smallest absolute Gasteiger partial charge is 0.265 e. The Hall–Kier alpha value is -3.04. The van der Waals surface area contributed by atoms with Crippen molar-refractivity contribution in [1.82, 2.24) is 0 Å². The number of carbonyl (C=O) groups excluding carboxylic acids is 1. The maximum absolute atomic E-state index is 12.5. The van der Waals surface area contributed by atoms with Crippen LogP contribution in [-0.4, -0.2) is 27.5 Å². The maximum atomic E-state index is 12.5. The number of halogens is 1. The van der Waals surface area contributed by atoms with E-state index < -0.39 is 16.1 Å². The van der Waals surface area contributed by atoms with E-state index in [1.54, 1.807) is 55.5 Å². The summed E-state index contributed by atoms with van der Waals surface area (Å²) in [6.07, 6.45) is -0.793. The Labute approximate surface area is 189 Å². The maximum Gasteiger partial charge on any atom is 0.265 e. The zero-order valence-corrected chi connectivity index (χ0v) is 19.2. The van der Waals surface area contributed by atoms with Crippen LogP contribution in [0.3, 0.4) is 0 Å². The van der Waals surface area contributed by atoms with Gasteiger partial charge in [-0.15, -0.1) is 0 Å². The molecule has 0 aliphatic rings. The number of amides is 1. The fraction of sp³-hybridized carbons (Fsp3) is 0.136. The number of hydrogen-bond donors (Lipinski definition) is 2. The number of sulfonamides is 1. The van der Waals surface area contributed by atoms with Gasteiger partial charge in [0.15, 0.2) is 17.6 Å². The molecule has 0 bridgehead atoms. The van der Waals surface area contributed by atoms with Crippen molar-refractivity contribution in [3.8, 4) is 11.5 Å². The summed E-state index contributed by atoms with van der Waals surface area (Å²) in [5, 5.41) is 2.71. The van der Waals surface area contributed by atoms with Crippen molar-refractivity contribution >= 4 is 43.2 Å². The average molecular weight is 505 g/mol. The highest BCUT2D eigenvalue weighted by Gasteiger charge is 2.18. The molecule has 3 aromatic rings. The van der Waals surface area contributed by atoms with Crippen molar-refractivity contribution in [1.29, 1.82) is 0 Å². The Morgan fingerprint density at radius 1 is 0.903 bits per heavy atom. The highest BCUT2D eigenvalue weighted by atomic mass is 79.9. The standard InChI is InChI=1S/C22H21BrN2O5S/c1-15(30-21-6-4-3-5-20(21)29-2)22(26)24-17-11-13-19(14-12-17)31(27,28)25-18-9-7-16(23)8-10-18/h3-15,25H,1-2H3,(H,24,26)/t15-/m1/s1. The van der Waals surface area contributed by atoms with Crippen LogP contribution in [0.25, 0.3) is 0 Å². The fourth-order valence-corrected chi connectivity index (χ4v) is 3.98. The predicted molar refractivity (Wildman–Crippen MR) is 123 cm³/mol. The number of para-hydroxylation sites is 2. The Bertz CT molecular complexity index is 1150. The van der Waals surface area contributed by atoms with Crippen molar-refractivity contribution in [3.63, 3.8) is 0 Å². The number of hydrogen-bond acceptors (Lipinski definition) is 5. The number of methoxy groups -OCH3 is 1. The van der Waals surface area contributed by atoms with E-state index >= 15 is 0 Å². The molecule has 0 saturated carbocycles. The molecule has 0 unspecified atom stereocenters. The molecular weight excluding hydrogens is 484 g/mol. The van der Waals surface area contributed by atoms with Crippen LogP contribution in [0.2, 0.25) is 0 Å². The highest BCUT2D eigenvalue weighted by molar-refractivity contribution is 9.10. The number of rotatable bonds is 8. The summed E-state index contributed by atoms with van der Waals surface area (Å²) in [7, 11) is -2.23. The number of carbonyl (C=O) groups is 1. The minimum Gasteiger partial charge on any atom is -0.493 e. The Kier molecular flexibility index (Phi) is 7.19. The molecule has 31 heavy (non-hydrogen) atoms. The quantitative estimate of drug-likeness (QED) is 0.465. The molecule has 0 saturated heterocycles. The number of ether oxygens (including phenoxy) is 2. The Morgan fingerprint density at radius 3 is 2.10 bits per heavy atom. The normalized spacial score (nSPS) is 12.0. The van der Waals surface area contributed by atoms with Gasteiger partial charge in [0.1, 0.15) is 0 Å². The lowest BCUT2D eigenvalue weighted by Crippen LogP contribution is -2.30. The van der Waals surface area contributed by atoms with E-state index in [-0.39, 0.29) is 10.8 Å². The summed E-state index contributed by atoms with van der Waals surface area (Å²) in [6, 6.07) is 19.7. The first-order valence-electron chi connectivity index (χ1n) is 9.27. The van der Waals surface area contributed by atoms with Gasteiger partial charge in [-0.3, -0.25) is 9.52 Å². The average Bonchev–Trinajstić information content (AvgIpc) is 2.76. The summed E-state index contributed by atoms with van der Waals surface area (Å²) < 4.78 is 39.3. The van der Waals surface area contributed by atoms with Crippen LogP contribution in [0.1, 0.15) is 6.92 Å². The summed E-state index contributed by atoms with van der Waals surface area (Å²) >= 11 is 3.31. The molecule has 0 heterocycles. The van der Waals surface area contributed by atoms with Crippen molar-refractivity contribution in [2.45, 2.75) is 17.9 Å². The zero-order chi connectivity index (χ0) is 22.4. The highest BCUT2D eigenvalue weighted by Crippen LogP contribution is 2.27. The van der Waals surface area contributed by atoms with E-state index in [2.05, 4.69) is 26.0 Å². The first-order chi connectivity index (χ1) is 14.8. The van der Waals surface area contributed by atoms with Crippen LogP contribution < -0.4 is 19.5 Å². The van der Waals surface area contributed by atoms with E-state index in [0.717, 1.165) is 4.47 Å². The third kappa shape index (κ3) is 5.99. The molecule has 1 atom stereocenters. The molecule has 0 aliphatic heterocycles. The molecule has 3 aromatic carbocycles. The largest absolute Gasteiger partial charge is 0.493 e. The van der Waals surface area contributed by atoms with Crippen LogP contribution in [0.4, 0.5) is 11.4 Å². The number of anilines is 2. The van der Waals surface area contributed by atoms with Crippen LogP contribution in [0, 0.1) is 0 Å². The number of nitrogens with one attached hydrogen (secondary N) is 2. The van der Waals surface area contributed by atoms with Gasteiger partial charge >= 0.3 is 0 Å². The third-order valence-corrected chi connectivity index (χ3v) is 6.20. The van der Waals surface area contributed by atoms with E-state index in [9.17, 15) is 13.2 Å². The van der Waals surface area contributed by atoms with Crippen molar-refractivity contribution < 1.29 is 22.7 Å². The minimum atomic E-state index is -3.75. The second kappa shape index (κ2) is 9.84. The lowest BCUT2D eigenvalue weighted by atomic mass is 10.3. The molecule has 9 heteroatoms. The molecule has 2 N–H and O–H groups in total.